The first-order valence-corrected chi connectivity index (χ1v) is 12.2. The Morgan fingerprint density at radius 2 is 1.61 bits per heavy atom. The molecule has 0 aliphatic heterocycles. The zero-order valence-electron chi connectivity index (χ0n) is 20.0. The summed E-state index contributed by atoms with van der Waals surface area (Å²) < 4.78 is 0. The number of rotatable bonds is 7. The first kappa shape index (κ1) is 24.9. The van der Waals surface area contributed by atoms with Crippen LogP contribution in [0.3, 0.4) is 0 Å². The minimum atomic E-state index is -0.529. The number of anilines is 2. The van der Waals surface area contributed by atoms with Gasteiger partial charge in [-0.2, -0.15) is 0 Å². The summed E-state index contributed by atoms with van der Waals surface area (Å²) >= 11 is 1.10. The van der Waals surface area contributed by atoms with Gasteiger partial charge in [-0.3, -0.25) is 19.4 Å². The minimum Gasteiger partial charge on any atom is -0.325 e. The Kier molecular flexibility index (Phi) is 7.60. The second-order valence-corrected chi connectivity index (χ2v) is 9.57. The minimum absolute atomic E-state index is 0.0655. The molecular formula is C27H25N5O3S. The van der Waals surface area contributed by atoms with Gasteiger partial charge in [0.25, 0.3) is 11.5 Å². The van der Waals surface area contributed by atoms with Crippen LogP contribution >= 0.6 is 11.8 Å². The molecule has 9 heteroatoms. The third kappa shape index (κ3) is 5.87. The number of amides is 2. The van der Waals surface area contributed by atoms with Gasteiger partial charge < -0.3 is 10.6 Å². The van der Waals surface area contributed by atoms with Gasteiger partial charge in [-0.25, -0.2) is 0 Å². The Labute approximate surface area is 212 Å². The molecule has 0 saturated heterocycles. The molecule has 1 heterocycles. The number of benzene rings is 3. The number of H-pyrrole nitrogens is 1. The Bertz CT molecular complexity index is 1470. The van der Waals surface area contributed by atoms with Crippen molar-refractivity contribution < 1.29 is 9.59 Å². The fourth-order valence-corrected chi connectivity index (χ4v) is 4.28. The number of carbonyl (C=O) groups is 2. The molecule has 4 rings (SSSR count). The van der Waals surface area contributed by atoms with Gasteiger partial charge in [0, 0.05) is 16.8 Å². The molecule has 0 spiro atoms. The van der Waals surface area contributed by atoms with Crippen LogP contribution in [-0.4, -0.2) is 32.2 Å². The average molecular weight is 500 g/mol. The van der Waals surface area contributed by atoms with Crippen molar-refractivity contribution in [2.24, 2.45) is 0 Å². The second kappa shape index (κ2) is 11.0. The van der Waals surface area contributed by atoms with E-state index >= 15 is 0 Å². The number of aromatic amines is 1. The van der Waals surface area contributed by atoms with Gasteiger partial charge in [0.2, 0.25) is 5.91 Å². The molecule has 2 amide bonds. The summed E-state index contributed by atoms with van der Waals surface area (Å²) in [5, 5.41) is 13.7. The standard InChI is InChI=1S/C27H25N5O3S/c1-16-13-14-21(17(2)15-16)28-24(33)18(3)36-27-30-26(35)23(31-32-27)20-11-7-8-12-22(20)29-25(34)19-9-5-4-6-10-19/h4-15,18H,1-3H3,(H,28,33)(H,29,34)(H,30,32,35)/t18-/m0/s1. The van der Waals surface area contributed by atoms with Crippen LogP contribution in [0.2, 0.25) is 0 Å². The number of carbonyl (C=O) groups excluding carboxylic acids is 2. The van der Waals surface area contributed by atoms with E-state index < -0.39 is 10.8 Å². The summed E-state index contributed by atoms with van der Waals surface area (Å²) in [6.07, 6.45) is 0. The van der Waals surface area contributed by atoms with Crippen LogP contribution in [-0.2, 0) is 4.79 Å². The summed E-state index contributed by atoms with van der Waals surface area (Å²) in [5.74, 6) is -0.518. The molecule has 1 atom stereocenters. The van der Waals surface area contributed by atoms with E-state index in [-0.39, 0.29) is 22.7 Å². The van der Waals surface area contributed by atoms with Gasteiger partial charge in [0.1, 0.15) is 0 Å². The molecule has 3 N–H and O–H groups in total. The summed E-state index contributed by atoms with van der Waals surface area (Å²) in [5.41, 5.74) is 3.78. The average Bonchev–Trinajstić information content (AvgIpc) is 2.87. The quantitative estimate of drug-likeness (QED) is 0.314. The molecule has 182 valence electrons. The SMILES string of the molecule is Cc1ccc(NC(=O)[C@H](C)Sc2nnc(-c3ccccc3NC(=O)c3ccccc3)c(=O)[nH]2)c(C)c1. The highest BCUT2D eigenvalue weighted by atomic mass is 32.2. The zero-order chi connectivity index (χ0) is 25.7. The maximum Gasteiger partial charge on any atom is 0.278 e. The second-order valence-electron chi connectivity index (χ2n) is 8.24. The molecule has 0 fully saturated rings. The van der Waals surface area contributed by atoms with Gasteiger partial charge in [0.15, 0.2) is 10.9 Å². The molecule has 0 saturated carbocycles. The Morgan fingerprint density at radius 3 is 2.33 bits per heavy atom. The number of para-hydroxylation sites is 1. The van der Waals surface area contributed by atoms with E-state index in [1.807, 2.05) is 38.1 Å². The number of aryl methyl sites for hydroxylation is 2. The number of thioether (sulfide) groups is 1. The third-order valence-electron chi connectivity index (χ3n) is 5.44. The van der Waals surface area contributed by atoms with E-state index in [2.05, 4.69) is 25.8 Å². The van der Waals surface area contributed by atoms with Crippen molar-refractivity contribution in [3.05, 3.63) is 99.8 Å². The summed E-state index contributed by atoms with van der Waals surface area (Å²) in [6.45, 7) is 5.65. The van der Waals surface area contributed by atoms with Crippen molar-refractivity contribution in [3.8, 4) is 11.3 Å². The van der Waals surface area contributed by atoms with Gasteiger partial charge in [-0.15, -0.1) is 10.2 Å². The van der Waals surface area contributed by atoms with Crippen molar-refractivity contribution in [2.45, 2.75) is 31.2 Å². The third-order valence-corrected chi connectivity index (χ3v) is 6.41. The highest BCUT2D eigenvalue weighted by molar-refractivity contribution is 8.00. The monoisotopic (exact) mass is 499 g/mol. The summed E-state index contributed by atoms with van der Waals surface area (Å²) in [6, 6.07) is 21.5. The smallest absolute Gasteiger partial charge is 0.278 e. The van der Waals surface area contributed by atoms with Gasteiger partial charge in [-0.05, 0) is 50.6 Å². The number of hydrogen-bond donors (Lipinski definition) is 3. The van der Waals surface area contributed by atoms with Gasteiger partial charge in [-0.1, -0.05) is 65.9 Å². The fourth-order valence-electron chi connectivity index (χ4n) is 3.54. The fraction of sp³-hybridized carbons (Fsp3) is 0.148. The van der Waals surface area contributed by atoms with Crippen molar-refractivity contribution in [1.82, 2.24) is 15.2 Å². The lowest BCUT2D eigenvalue weighted by molar-refractivity contribution is -0.115. The topological polar surface area (TPSA) is 117 Å². The van der Waals surface area contributed by atoms with Crippen LogP contribution in [0.4, 0.5) is 11.4 Å². The van der Waals surface area contributed by atoms with Crippen molar-refractivity contribution >= 4 is 35.0 Å². The van der Waals surface area contributed by atoms with Crippen LogP contribution in [0.5, 0.6) is 0 Å². The van der Waals surface area contributed by atoms with Crippen LogP contribution in [0, 0.1) is 13.8 Å². The molecule has 4 aromatic rings. The number of nitrogens with zero attached hydrogens (tertiary/aromatic N) is 2. The number of aromatic nitrogens is 3. The van der Waals surface area contributed by atoms with E-state index in [0.29, 0.717) is 16.8 Å². The lowest BCUT2D eigenvalue weighted by atomic mass is 10.1. The van der Waals surface area contributed by atoms with Crippen LogP contribution < -0.4 is 16.2 Å². The molecule has 3 aromatic carbocycles. The maximum atomic E-state index is 12.9. The van der Waals surface area contributed by atoms with Crippen molar-refractivity contribution in [3.63, 3.8) is 0 Å². The molecule has 8 nitrogen and oxygen atoms in total. The zero-order valence-corrected chi connectivity index (χ0v) is 20.8. The van der Waals surface area contributed by atoms with Crippen LogP contribution in [0.15, 0.2) is 82.7 Å². The van der Waals surface area contributed by atoms with Crippen molar-refractivity contribution in [1.29, 1.82) is 0 Å². The molecule has 0 radical (unpaired) electrons. The predicted molar refractivity (Wildman–Crippen MR) is 142 cm³/mol. The Balaban J connectivity index is 1.49. The molecule has 0 unspecified atom stereocenters. The highest BCUT2D eigenvalue weighted by Gasteiger charge is 2.19. The summed E-state index contributed by atoms with van der Waals surface area (Å²) in [7, 11) is 0. The van der Waals surface area contributed by atoms with Crippen molar-refractivity contribution in [2.75, 3.05) is 10.6 Å². The highest BCUT2D eigenvalue weighted by Crippen LogP contribution is 2.26. The molecule has 36 heavy (non-hydrogen) atoms. The molecule has 0 bridgehead atoms. The van der Waals surface area contributed by atoms with E-state index in [0.717, 1.165) is 28.6 Å². The Morgan fingerprint density at radius 1 is 0.889 bits per heavy atom. The van der Waals surface area contributed by atoms with E-state index in [1.54, 1.807) is 55.5 Å². The molecule has 0 aliphatic carbocycles. The largest absolute Gasteiger partial charge is 0.325 e. The summed E-state index contributed by atoms with van der Waals surface area (Å²) in [4.78, 5) is 40.9. The lowest BCUT2D eigenvalue weighted by Gasteiger charge is -2.13. The van der Waals surface area contributed by atoms with E-state index in [9.17, 15) is 14.4 Å². The molecule has 1 aromatic heterocycles. The first-order valence-electron chi connectivity index (χ1n) is 11.3. The van der Waals surface area contributed by atoms with E-state index in [4.69, 9.17) is 0 Å². The maximum absolute atomic E-state index is 12.9. The molecular weight excluding hydrogens is 474 g/mol. The van der Waals surface area contributed by atoms with E-state index in [1.165, 1.54) is 0 Å². The predicted octanol–water partition coefficient (Wildman–Crippen LogP) is 4.82. The lowest BCUT2D eigenvalue weighted by Crippen LogP contribution is -2.24. The normalized spacial score (nSPS) is 11.5. The number of nitrogens with one attached hydrogen (secondary N) is 3. The van der Waals surface area contributed by atoms with Crippen LogP contribution in [0.25, 0.3) is 11.3 Å². The molecule has 0 aliphatic rings. The van der Waals surface area contributed by atoms with Gasteiger partial charge >= 0.3 is 0 Å². The van der Waals surface area contributed by atoms with Gasteiger partial charge in [0.05, 0.1) is 10.9 Å². The number of hydrogen-bond acceptors (Lipinski definition) is 6. The van der Waals surface area contributed by atoms with Crippen LogP contribution in [0.1, 0.15) is 28.4 Å². The Hall–Kier alpha value is -4.24. The first-order chi connectivity index (χ1) is 17.3.